The molecule has 0 aliphatic rings. The number of carbonyl (C=O) groups is 2. The summed E-state index contributed by atoms with van der Waals surface area (Å²) in [5.74, 6) is -1.08. The number of aromatic amines is 1. The lowest BCUT2D eigenvalue weighted by Crippen LogP contribution is -2.44. The first-order chi connectivity index (χ1) is 8.37. The predicted molar refractivity (Wildman–Crippen MR) is 70.5 cm³/mol. The van der Waals surface area contributed by atoms with E-state index < -0.39 is 17.2 Å². The van der Waals surface area contributed by atoms with E-state index in [1.807, 2.05) is 26.8 Å². The van der Waals surface area contributed by atoms with E-state index in [4.69, 9.17) is 0 Å². The Kier molecular flexibility index (Phi) is 2.95. The zero-order valence-corrected chi connectivity index (χ0v) is 10.7. The quantitative estimate of drug-likeness (QED) is 0.628. The molecule has 0 bridgehead atoms. The molecule has 0 saturated heterocycles. The van der Waals surface area contributed by atoms with Crippen LogP contribution in [0.25, 0.3) is 10.9 Å². The second-order valence-electron chi connectivity index (χ2n) is 5.31. The number of Topliss-reactive ketones (excluding diaryl/α,β-unsaturated/α-hetero) is 1. The molecule has 0 radical (unpaired) electrons. The first kappa shape index (κ1) is 12.4. The van der Waals surface area contributed by atoms with E-state index in [1.165, 1.54) is 0 Å². The molecule has 0 spiro atoms. The number of rotatable bonds is 2. The number of nitrogens with one attached hydrogen (secondary N) is 2. The Bertz CT molecular complexity index is 606. The van der Waals surface area contributed by atoms with E-state index in [0.717, 1.165) is 10.9 Å². The summed E-state index contributed by atoms with van der Waals surface area (Å²) in [6.45, 7) is 5.52. The number of H-pyrrole nitrogens is 1. The SMILES string of the molecule is CC(C)(C)NC(=O)C(=O)c1ccc2[nH]ccc2c1. The average molecular weight is 244 g/mol. The number of amides is 1. The molecule has 18 heavy (non-hydrogen) atoms. The summed E-state index contributed by atoms with van der Waals surface area (Å²) in [6, 6.07) is 7.04. The molecule has 0 atom stereocenters. The zero-order valence-electron chi connectivity index (χ0n) is 10.7. The Hall–Kier alpha value is -2.10. The second-order valence-corrected chi connectivity index (χ2v) is 5.31. The molecule has 0 saturated carbocycles. The molecule has 0 aliphatic heterocycles. The minimum absolute atomic E-state index is 0.406. The molecule has 0 aliphatic carbocycles. The maximum atomic E-state index is 12.0. The monoisotopic (exact) mass is 244 g/mol. The van der Waals surface area contributed by atoms with Gasteiger partial charge in [0.25, 0.3) is 5.91 Å². The van der Waals surface area contributed by atoms with Crippen molar-refractivity contribution < 1.29 is 9.59 Å². The van der Waals surface area contributed by atoms with Gasteiger partial charge in [0, 0.05) is 28.2 Å². The summed E-state index contributed by atoms with van der Waals surface area (Å²) in [5.41, 5.74) is 0.942. The predicted octanol–water partition coefficient (Wildman–Crippen LogP) is 2.27. The highest BCUT2D eigenvalue weighted by Crippen LogP contribution is 2.15. The fourth-order valence-electron chi connectivity index (χ4n) is 1.72. The summed E-state index contributed by atoms with van der Waals surface area (Å²) >= 11 is 0. The Morgan fingerprint density at radius 1 is 1.17 bits per heavy atom. The number of ketones is 1. The van der Waals surface area contributed by atoms with Crippen LogP contribution in [0.2, 0.25) is 0 Å². The lowest BCUT2D eigenvalue weighted by atomic mass is 10.1. The third-order valence-corrected chi connectivity index (χ3v) is 2.51. The fourth-order valence-corrected chi connectivity index (χ4v) is 1.72. The third kappa shape index (κ3) is 2.59. The van der Waals surface area contributed by atoms with Crippen molar-refractivity contribution in [3.8, 4) is 0 Å². The van der Waals surface area contributed by atoms with Crippen LogP contribution in [-0.2, 0) is 4.79 Å². The van der Waals surface area contributed by atoms with Crippen LogP contribution < -0.4 is 5.32 Å². The van der Waals surface area contributed by atoms with Crippen molar-refractivity contribution in [3.63, 3.8) is 0 Å². The molecule has 0 unspecified atom stereocenters. The lowest BCUT2D eigenvalue weighted by Gasteiger charge is -2.19. The van der Waals surface area contributed by atoms with E-state index in [2.05, 4.69) is 10.3 Å². The first-order valence-corrected chi connectivity index (χ1v) is 5.81. The van der Waals surface area contributed by atoms with Crippen LogP contribution in [0, 0.1) is 0 Å². The van der Waals surface area contributed by atoms with Crippen LogP contribution in [0.5, 0.6) is 0 Å². The first-order valence-electron chi connectivity index (χ1n) is 5.81. The Morgan fingerprint density at radius 3 is 2.56 bits per heavy atom. The Morgan fingerprint density at radius 2 is 1.89 bits per heavy atom. The highest BCUT2D eigenvalue weighted by atomic mass is 16.2. The number of hydrogen-bond acceptors (Lipinski definition) is 2. The van der Waals surface area contributed by atoms with Crippen molar-refractivity contribution >= 4 is 22.6 Å². The smallest absolute Gasteiger partial charge is 0.292 e. The van der Waals surface area contributed by atoms with E-state index in [9.17, 15) is 9.59 Å². The molecule has 2 rings (SSSR count). The van der Waals surface area contributed by atoms with Crippen LogP contribution in [0.1, 0.15) is 31.1 Å². The van der Waals surface area contributed by atoms with Gasteiger partial charge in [-0.1, -0.05) is 0 Å². The van der Waals surface area contributed by atoms with Gasteiger partial charge in [0.2, 0.25) is 5.78 Å². The van der Waals surface area contributed by atoms with Gasteiger partial charge in [0.15, 0.2) is 0 Å². The topological polar surface area (TPSA) is 62.0 Å². The molecule has 1 heterocycles. The van der Waals surface area contributed by atoms with Crippen LogP contribution >= 0.6 is 0 Å². The summed E-state index contributed by atoms with van der Waals surface area (Å²) in [4.78, 5) is 26.8. The molecule has 2 N–H and O–H groups in total. The normalized spacial score (nSPS) is 11.5. The largest absolute Gasteiger partial charge is 0.361 e. The average Bonchev–Trinajstić information content (AvgIpc) is 2.72. The fraction of sp³-hybridized carbons (Fsp3) is 0.286. The summed E-state index contributed by atoms with van der Waals surface area (Å²) in [6.07, 6.45) is 1.80. The molecule has 2 aromatic rings. The highest BCUT2D eigenvalue weighted by Gasteiger charge is 2.21. The maximum Gasteiger partial charge on any atom is 0.292 e. The van der Waals surface area contributed by atoms with Gasteiger partial charge < -0.3 is 10.3 Å². The van der Waals surface area contributed by atoms with E-state index >= 15 is 0 Å². The van der Waals surface area contributed by atoms with Crippen LogP contribution in [0.15, 0.2) is 30.5 Å². The van der Waals surface area contributed by atoms with Crippen molar-refractivity contribution in [1.82, 2.24) is 10.3 Å². The van der Waals surface area contributed by atoms with Gasteiger partial charge in [-0.25, -0.2) is 0 Å². The van der Waals surface area contributed by atoms with E-state index in [1.54, 1.807) is 24.4 Å². The highest BCUT2D eigenvalue weighted by molar-refractivity contribution is 6.43. The van der Waals surface area contributed by atoms with Gasteiger partial charge in [-0.3, -0.25) is 9.59 Å². The molecule has 1 amide bonds. The molecule has 4 heteroatoms. The minimum Gasteiger partial charge on any atom is -0.361 e. The lowest BCUT2D eigenvalue weighted by molar-refractivity contribution is -0.118. The minimum atomic E-state index is -0.572. The summed E-state index contributed by atoms with van der Waals surface area (Å²) in [5, 5.41) is 3.58. The molecule has 1 aromatic carbocycles. The summed E-state index contributed by atoms with van der Waals surface area (Å²) in [7, 11) is 0. The number of fused-ring (bicyclic) bond motifs is 1. The van der Waals surface area contributed by atoms with Crippen molar-refractivity contribution in [1.29, 1.82) is 0 Å². The summed E-state index contributed by atoms with van der Waals surface area (Å²) < 4.78 is 0. The van der Waals surface area contributed by atoms with Crippen LogP contribution in [0.4, 0.5) is 0 Å². The molecule has 0 fully saturated rings. The van der Waals surface area contributed by atoms with Gasteiger partial charge in [-0.05, 0) is 45.0 Å². The maximum absolute atomic E-state index is 12.0. The number of aromatic nitrogens is 1. The van der Waals surface area contributed by atoms with Crippen LogP contribution in [0.3, 0.4) is 0 Å². The van der Waals surface area contributed by atoms with Crippen molar-refractivity contribution in [2.24, 2.45) is 0 Å². The molecule has 4 nitrogen and oxygen atoms in total. The molecule has 94 valence electrons. The van der Waals surface area contributed by atoms with Gasteiger partial charge in [0.05, 0.1) is 0 Å². The molecule has 1 aromatic heterocycles. The Labute approximate surface area is 105 Å². The standard InChI is InChI=1S/C14H16N2O2/c1-14(2,3)16-13(18)12(17)10-4-5-11-9(8-10)6-7-15-11/h4-8,15H,1-3H3,(H,16,18). The number of hydrogen-bond donors (Lipinski definition) is 2. The van der Waals surface area contributed by atoms with E-state index in [0.29, 0.717) is 5.56 Å². The molecular weight excluding hydrogens is 228 g/mol. The van der Waals surface area contributed by atoms with Gasteiger partial charge in [-0.2, -0.15) is 0 Å². The van der Waals surface area contributed by atoms with Gasteiger partial charge in [-0.15, -0.1) is 0 Å². The third-order valence-electron chi connectivity index (χ3n) is 2.51. The van der Waals surface area contributed by atoms with Gasteiger partial charge in [0.1, 0.15) is 0 Å². The van der Waals surface area contributed by atoms with Crippen molar-refractivity contribution in [2.75, 3.05) is 0 Å². The zero-order chi connectivity index (χ0) is 13.3. The Balaban J connectivity index is 2.25. The van der Waals surface area contributed by atoms with Crippen LogP contribution in [-0.4, -0.2) is 22.2 Å². The van der Waals surface area contributed by atoms with Gasteiger partial charge >= 0.3 is 0 Å². The second kappa shape index (κ2) is 4.29. The number of benzene rings is 1. The van der Waals surface area contributed by atoms with Crippen molar-refractivity contribution in [2.45, 2.75) is 26.3 Å². The van der Waals surface area contributed by atoms with Crippen molar-refractivity contribution in [3.05, 3.63) is 36.0 Å². The number of carbonyl (C=O) groups excluding carboxylic acids is 2. The molecular formula is C14H16N2O2. The van der Waals surface area contributed by atoms with E-state index in [-0.39, 0.29) is 0 Å².